The van der Waals surface area contributed by atoms with Gasteiger partial charge in [0.2, 0.25) is 0 Å². The summed E-state index contributed by atoms with van der Waals surface area (Å²) in [6.07, 6.45) is 1.28. The van der Waals surface area contributed by atoms with Gasteiger partial charge in [0.15, 0.2) is 0 Å². The van der Waals surface area contributed by atoms with Gasteiger partial charge in [0.25, 0.3) is 0 Å². The molecule has 0 radical (unpaired) electrons. The van der Waals surface area contributed by atoms with Crippen LogP contribution in [0, 0.1) is 0 Å². The molecule has 1 aromatic carbocycles. The molecule has 1 heterocycles. The van der Waals surface area contributed by atoms with Gasteiger partial charge in [-0.25, -0.2) is 0 Å². The Balaban J connectivity index is 2.04. The number of nitrogens with zero attached hydrogens (tertiary/aromatic N) is 1. The van der Waals surface area contributed by atoms with E-state index in [0.29, 0.717) is 12.0 Å². The van der Waals surface area contributed by atoms with Crippen LogP contribution >= 0.6 is 0 Å². The minimum Gasteiger partial charge on any atom is -0.399 e. The lowest BCUT2D eigenvalue weighted by molar-refractivity contribution is 0.272. The highest BCUT2D eigenvalue weighted by molar-refractivity contribution is 5.40. The Morgan fingerprint density at radius 3 is 2.47 bits per heavy atom. The van der Waals surface area contributed by atoms with Gasteiger partial charge in [0, 0.05) is 18.3 Å². The van der Waals surface area contributed by atoms with E-state index in [1.54, 1.807) is 0 Å². The summed E-state index contributed by atoms with van der Waals surface area (Å²) in [4.78, 5) is 2.54. The molecule has 0 spiro atoms. The van der Waals surface area contributed by atoms with Crippen LogP contribution in [0.2, 0.25) is 0 Å². The number of hydrogen-bond donors (Lipinski definition) is 1. The summed E-state index contributed by atoms with van der Waals surface area (Å²) in [5.41, 5.74) is 7.99. The normalized spacial score (nSPS) is 22.5. The monoisotopic (exact) mass is 204 g/mol. The lowest BCUT2D eigenvalue weighted by atomic mass is 9.98. The molecule has 1 saturated heterocycles. The first-order chi connectivity index (χ1) is 7.16. The first-order valence-corrected chi connectivity index (χ1v) is 5.76. The van der Waals surface area contributed by atoms with Gasteiger partial charge in [0.05, 0.1) is 0 Å². The zero-order valence-electron chi connectivity index (χ0n) is 9.61. The molecule has 0 aliphatic carbocycles. The highest BCUT2D eigenvalue weighted by Crippen LogP contribution is 2.28. The number of likely N-dealkylation sites (tertiary alicyclic amines) is 1. The fourth-order valence-corrected chi connectivity index (χ4v) is 2.30. The van der Waals surface area contributed by atoms with Crippen molar-refractivity contribution in [3.05, 3.63) is 29.8 Å². The SMILES string of the molecule is CC(C)N1CCC(c2ccc(N)cc2)C1. The largest absolute Gasteiger partial charge is 0.399 e. The first kappa shape index (κ1) is 10.5. The summed E-state index contributed by atoms with van der Waals surface area (Å²) in [5.74, 6) is 0.702. The lowest BCUT2D eigenvalue weighted by Crippen LogP contribution is -2.27. The second kappa shape index (κ2) is 4.23. The molecule has 1 atom stereocenters. The van der Waals surface area contributed by atoms with Gasteiger partial charge in [0.1, 0.15) is 0 Å². The number of rotatable bonds is 2. The zero-order chi connectivity index (χ0) is 10.8. The highest BCUT2D eigenvalue weighted by Gasteiger charge is 2.24. The number of benzene rings is 1. The van der Waals surface area contributed by atoms with E-state index in [1.807, 2.05) is 12.1 Å². The number of hydrogen-bond acceptors (Lipinski definition) is 2. The van der Waals surface area contributed by atoms with E-state index in [-0.39, 0.29) is 0 Å². The zero-order valence-corrected chi connectivity index (χ0v) is 9.61. The van der Waals surface area contributed by atoms with Crippen LogP contribution in [0.4, 0.5) is 5.69 Å². The van der Waals surface area contributed by atoms with Gasteiger partial charge in [-0.05, 0) is 50.4 Å². The fraction of sp³-hybridized carbons (Fsp3) is 0.538. The van der Waals surface area contributed by atoms with Crippen molar-refractivity contribution in [2.24, 2.45) is 0 Å². The van der Waals surface area contributed by atoms with Crippen LogP contribution in [0.25, 0.3) is 0 Å². The van der Waals surface area contributed by atoms with E-state index in [9.17, 15) is 0 Å². The van der Waals surface area contributed by atoms with Crippen LogP contribution in [0.5, 0.6) is 0 Å². The van der Waals surface area contributed by atoms with Crippen LogP contribution in [0.15, 0.2) is 24.3 Å². The predicted molar refractivity (Wildman–Crippen MR) is 64.9 cm³/mol. The summed E-state index contributed by atoms with van der Waals surface area (Å²) in [5, 5.41) is 0. The van der Waals surface area contributed by atoms with Crippen molar-refractivity contribution >= 4 is 5.69 Å². The van der Waals surface area contributed by atoms with E-state index in [1.165, 1.54) is 25.1 Å². The maximum atomic E-state index is 5.69. The molecule has 1 unspecified atom stereocenters. The van der Waals surface area contributed by atoms with Crippen molar-refractivity contribution in [3.8, 4) is 0 Å². The van der Waals surface area contributed by atoms with Crippen molar-refractivity contribution in [1.82, 2.24) is 4.90 Å². The molecule has 2 nitrogen and oxygen atoms in total. The molecule has 0 aromatic heterocycles. The minimum atomic E-state index is 0.670. The average Bonchev–Trinajstić information content (AvgIpc) is 2.68. The highest BCUT2D eigenvalue weighted by atomic mass is 15.2. The quantitative estimate of drug-likeness (QED) is 0.750. The summed E-state index contributed by atoms with van der Waals surface area (Å²) in [6.45, 7) is 6.96. The van der Waals surface area contributed by atoms with Gasteiger partial charge >= 0.3 is 0 Å². The van der Waals surface area contributed by atoms with Gasteiger partial charge in [-0.1, -0.05) is 12.1 Å². The summed E-state index contributed by atoms with van der Waals surface area (Å²) < 4.78 is 0. The Kier molecular flexibility index (Phi) is 2.96. The van der Waals surface area contributed by atoms with Crippen LogP contribution in [0.1, 0.15) is 31.7 Å². The second-order valence-corrected chi connectivity index (χ2v) is 4.74. The lowest BCUT2D eigenvalue weighted by Gasteiger charge is -2.20. The van der Waals surface area contributed by atoms with Crippen molar-refractivity contribution in [3.63, 3.8) is 0 Å². The van der Waals surface area contributed by atoms with Crippen molar-refractivity contribution < 1.29 is 0 Å². The maximum Gasteiger partial charge on any atom is 0.0314 e. The summed E-state index contributed by atoms with van der Waals surface area (Å²) >= 11 is 0. The number of anilines is 1. The summed E-state index contributed by atoms with van der Waals surface area (Å²) in [6, 6.07) is 9.03. The van der Waals surface area contributed by atoms with Crippen molar-refractivity contribution in [2.75, 3.05) is 18.8 Å². The van der Waals surface area contributed by atoms with E-state index in [2.05, 4.69) is 30.9 Å². The van der Waals surface area contributed by atoms with E-state index >= 15 is 0 Å². The predicted octanol–water partition coefficient (Wildman–Crippen LogP) is 2.47. The van der Waals surface area contributed by atoms with Crippen LogP contribution in [-0.2, 0) is 0 Å². The molecule has 1 aliphatic heterocycles. The minimum absolute atomic E-state index is 0.670. The van der Waals surface area contributed by atoms with Crippen LogP contribution in [0.3, 0.4) is 0 Å². The van der Waals surface area contributed by atoms with Crippen molar-refractivity contribution in [1.29, 1.82) is 0 Å². The first-order valence-electron chi connectivity index (χ1n) is 5.76. The van der Waals surface area contributed by atoms with E-state index in [4.69, 9.17) is 5.73 Å². The Bertz CT molecular complexity index is 316. The van der Waals surface area contributed by atoms with Gasteiger partial charge in [-0.2, -0.15) is 0 Å². The molecule has 2 rings (SSSR count). The number of nitrogen functional groups attached to an aromatic ring is 1. The second-order valence-electron chi connectivity index (χ2n) is 4.74. The molecule has 15 heavy (non-hydrogen) atoms. The third-order valence-corrected chi connectivity index (χ3v) is 3.36. The topological polar surface area (TPSA) is 29.3 Å². The molecule has 82 valence electrons. The molecule has 1 aromatic rings. The number of nitrogens with two attached hydrogens (primary N) is 1. The smallest absolute Gasteiger partial charge is 0.0314 e. The maximum absolute atomic E-state index is 5.69. The van der Waals surface area contributed by atoms with Crippen molar-refractivity contribution in [2.45, 2.75) is 32.2 Å². The standard InChI is InChI=1S/C13H20N2/c1-10(2)15-8-7-12(9-15)11-3-5-13(14)6-4-11/h3-6,10,12H,7-9,14H2,1-2H3. The molecule has 1 fully saturated rings. The molecule has 2 heteroatoms. The summed E-state index contributed by atoms with van der Waals surface area (Å²) in [7, 11) is 0. The Hall–Kier alpha value is -1.02. The van der Waals surface area contributed by atoms with Crippen LogP contribution in [-0.4, -0.2) is 24.0 Å². The van der Waals surface area contributed by atoms with Gasteiger partial charge in [-0.15, -0.1) is 0 Å². The molecule has 1 aliphatic rings. The Morgan fingerprint density at radius 1 is 1.27 bits per heavy atom. The van der Waals surface area contributed by atoms with Gasteiger partial charge < -0.3 is 10.6 Å². The third-order valence-electron chi connectivity index (χ3n) is 3.36. The Labute approximate surface area is 92.1 Å². The Morgan fingerprint density at radius 2 is 1.93 bits per heavy atom. The average molecular weight is 204 g/mol. The fourth-order valence-electron chi connectivity index (χ4n) is 2.30. The molecule has 0 bridgehead atoms. The molecule has 0 saturated carbocycles. The molecule has 2 N–H and O–H groups in total. The van der Waals surface area contributed by atoms with E-state index < -0.39 is 0 Å². The van der Waals surface area contributed by atoms with E-state index in [0.717, 1.165) is 5.69 Å². The van der Waals surface area contributed by atoms with Gasteiger partial charge in [-0.3, -0.25) is 0 Å². The van der Waals surface area contributed by atoms with Crippen LogP contribution < -0.4 is 5.73 Å². The molecular weight excluding hydrogens is 184 g/mol. The third kappa shape index (κ3) is 2.32. The molecular formula is C13H20N2. The molecule has 0 amide bonds.